The van der Waals surface area contributed by atoms with Crippen molar-refractivity contribution in [2.45, 2.75) is 18.4 Å². The maximum atomic E-state index is 12.6. The van der Waals surface area contributed by atoms with Crippen LogP contribution in [0.15, 0.2) is 54.6 Å². The van der Waals surface area contributed by atoms with Gasteiger partial charge in [0.15, 0.2) is 0 Å². The topological polar surface area (TPSA) is 61.8 Å². The van der Waals surface area contributed by atoms with Gasteiger partial charge in [-0.1, -0.05) is 30.3 Å². The van der Waals surface area contributed by atoms with Crippen LogP contribution >= 0.6 is 0 Å². The molecule has 0 spiro atoms. The third-order valence-corrected chi connectivity index (χ3v) is 5.72. The Bertz CT molecular complexity index is 762. The van der Waals surface area contributed by atoms with E-state index in [1.165, 1.54) is 0 Å². The minimum atomic E-state index is -0.755. The number of rotatable bonds is 3. The number of hydrogen-bond donors (Lipinski definition) is 2. The molecule has 2 N–H and O–H groups in total. The fraction of sp³-hybridized carbons (Fsp3) is 0.381. The maximum absolute atomic E-state index is 12.6. The third kappa shape index (κ3) is 3.15. The smallest absolute Gasteiger partial charge is 0.321 e. The van der Waals surface area contributed by atoms with Crippen LogP contribution < -0.4 is 10.1 Å². The maximum Gasteiger partial charge on any atom is 0.321 e. The summed E-state index contributed by atoms with van der Waals surface area (Å²) in [5, 5.41) is 14.0. The van der Waals surface area contributed by atoms with Gasteiger partial charge in [0.05, 0.1) is 12.7 Å². The normalized spacial score (nSPS) is 27.2. The van der Waals surface area contributed by atoms with E-state index in [1.54, 1.807) is 7.11 Å². The number of fused-ring (bicyclic) bond motifs is 1. The highest BCUT2D eigenvalue weighted by atomic mass is 16.5. The molecule has 4 rings (SSSR count). The van der Waals surface area contributed by atoms with E-state index in [4.69, 9.17) is 4.74 Å². The van der Waals surface area contributed by atoms with Crippen LogP contribution in [-0.4, -0.2) is 36.2 Å². The van der Waals surface area contributed by atoms with E-state index < -0.39 is 5.60 Å². The molecule has 0 unspecified atom stereocenters. The monoisotopic (exact) mass is 352 g/mol. The summed E-state index contributed by atoms with van der Waals surface area (Å²) in [6, 6.07) is 17.1. The number of methoxy groups -OCH3 is 1. The number of amides is 2. The molecule has 0 aromatic heterocycles. The van der Waals surface area contributed by atoms with Gasteiger partial charge in [0.2, 0.25) is 0 Å². The summed E-state index contributed by atoms with van der Waals surface area (Å²) in [6.07, 6.45) is 1.43. The first-order valence-corrected chi connectivity index (χ1v) is 9.05. The van der Waals surface area contributed by atoms with E-state index in [2.05, 4.69) is 5.32 Å². The molecule has 0 bridgehead atoms. The minimum Gasteiger partial charge on any atom is -0.497 e. The second kappa shape index (κ2) is 6.65. The molecule has 1 saturated carbocycles. The van der Waals surface area contributed by atoms with Crippen molar-refractivity contribution >= 4 is 11.7 Å². The Hall–Kier alpha value is -2.53. The van der Waals surface area contributed by atoms with Gasteiger partial charge < -0.3 is 20.1 Å². The number of likely N-dealkylation sites (tertiary alicyclic amines) is 1. The van der Waals surface area contributed by atoms with Crippen molar-refractivity contribution in [1.29, 1.82) is 0 Å². The lowest BCUT2D eigenvalue weighted by molar-refractivity contribution is 0.0328. The number of anilines is 1. The van der Waals surface area contributed by atoms with Crippen molar-refractivity contribution in [2.24, 2.45) is 11.8 Å². The summed E-state index contributed by atoms with van der Waals surface area (Å²) in [5.74, 6) is 1.46. The van der Waals surface area contributed by atoms with Gasteiger partial charge in [0, 0.05) is 18.8 Å². The van der Waals surface area contributed by atoms with Gasteiger partial charge in [-0.25, -0.2) is 4.79 Å². The number of nitrogens with zero attached hydrogens (tertiary/aromatic N) is 1. The van der Waals surface area contributed by atoms with Crippen molar-refractivity contribution in [3.8, 4) is 5.75 Å². The predicted octanol–water partition coefficient (Wildman–Crippen LogP) is 3.46. The van der Waals surface area contributed by atoms with Crippen LogP contribution in [0.25, 0.3) is 0 Å². The fourth-order valence-corrected chi connectivity index (χ4v) is 4.38. The summed E-state index contributed by atoms with van der Waals surface area (Å²) >= 11 is 0. The van der Waals surface area contributed by atoms with Crippen molar-refractivity contribution in [1.82, 2.24) is 4.90 Å². The van der Waals surface area contributed by atoms with E-state index in [9.17, 15) is 9.90 Å². The molecule has 5 nitrogen and oxygen atoms in total. The zero-order valence-corrected chi connectivity index (χ0v) is 14.9. The zero-order valence-electron chi connectivity index (χ0n) is 14.9. The number of aliphatic hydroxyl groups is 1. The highest BCUT2D eigenvalue weighted by Crippen LogP contribution is 2.48. The SMILES string of the molecule is COc1ccc(NC(=O)N2C[C@@H]3C[C@@](O)(c4ccccc4)C[C@@H]3C2)cc1. The van der Waals surface area contributed by atoms with Crippen LogP contribution in [0.4, 0.5) is 10.5 Å². The molecular weight excluding hydrogens is 328 g/mol. The molecule has 2 amide bonds. The summed E-state index contributed by atoms with van der Waals surface area (Å²) in [5.41, 5.74) is 0.993. The molecule has 1 saturated heterocycles. The van der Waals surface area contributed by atoms with Crippen molar-refractivity contribution < 1.29 is 14.6 Å². The van der Waals surface area contributed by atoms with Crippen LogP contribution in [0.5, 0.6) is 5.75 Å². The van der Waals surface area contributed by atoms with Gasteiger partial charge in [-0.2, -0.15) is 0 Å². The van der Waals surface area contributed by atoms with Gasteiger partial charge in [-0.15, -0.1) is 0 Å². The van der Waals surface area contributed by atoms with E-state index >= 15 is 0 Å². The molecule has 0 radical (unpaired) electrons. The Morgan fingerprint density at radius 1 is 1.08 bits per heavy atom. The first-order valence-electron chi connectivity index (χ1n) is 9.05. The summed E-state index contributed by atoms with van der Waals surface area (Å²) in [6.45, 7) is 1.39. The average Bonchev–Trinajstić information content (AvgIpc) is 3.19. The van der Waals surface area contributed by atoms with Crippen LogP contribution in [0, 0.1) is 11.8 Å². The molecule has 5 heteroatoms. The second-order valence-corrected chi connectivity index (χ2v) is 7.39. The molecule has 136 valence electrons. The Morgan fingerprint density at radius 2 is 1.69 bits per heavy atom. The van der Waals surface area contributed by atoms with Crippen molar-refractivity contribution in [2.75, 3.05) is 25.5 Å². The minimum absolute atomic E-state index is 0.0761. The molecule has 1 heterocycles. The van der Waals surface area contributed by atoms with Gasteiger partial charge in [0.25, 0.3) is 0 Å². The molecule has 2 aromatic rings. The zero-order chi connectivity index (χ0) is 18.1. The second-order valence-electron chi connectivity index (χ2n) is 7.39. The average molecular weight is 352 g/mol. The van der Waals surface area contributed by atoms with E-state index in [1.807, 2.05) is 59.5 Å². The lowest BCUT2D eigenvalue weighted by Crippen LogP contribution is -2.35. The first kappa shape index (κ1) is 16.9. The predicted molar refractivity (Wildman–Crippen MR) is 100 cm³/mol. The van der Waals surface area contributed by atoms with Gasteiger partial charge in [0.1, 0.15) is 5.75 Å². The van der Waals surface area contributed by atoms with Gasteiger partial charge in [-0.3, -0.25) is 0 Å². The number of benzene rings is 2. The Labute approximate surface area is 153 Å². The Morgan fingerprint density at radius 3 is 2.27 bits per heavy atom. The molecule has 3 atom stereocenters. The van der Waals surface area contributed by atoms with E-state index in [0.29, 0.717) is 37.8 Å². The number of hydrogen-bond acceptors (Lipinski definition) is 3. The van der Waals surface area contributed by atoms with Crippen LogP contribution in [-0.2, 0) is 5.60 Å². The lowest BCUT2D eigenvalue weighted by Gasteiger charge is -2.26. The number of nitrogens with one attached hydrogen (secondary N) is 1. The van der Waals surface area contributed by atoms with Crippen LogP contribution in [0.2, 0.25) is 0 Å². The van der Waals surface area contributed by atoms with Crippen LogP contribution in [0.3, 0.4) is 0 Å². The highest BCUT2D eigenvalue weighted by Gasteiger charge is 2.49. The van der Waals surface area contributed by atoms with E-state index in [0.717, 1.165) is 17.0 Å². The first-order chi connectivity index (χ1) is 12.6. The number of carbonyl (C=O) groups excluding carboxylic acids is 1. The molecule has 26 heavy (non-hydrogen) atoms. The number of carbonyl (C=O) groups is 1. The molecule has 1 aliphatic carbocycles. The van der Waals surface area contributed by atoms with Gasteiger partial charge >= 0.3 is 6.03 Å². The Kier molecular flexibility index (Phi) is 4.32. The quantitative estimate of drug-likeness (QED) is 0.889. The van der Waals surface area contributed by atoms with E-state index in [-0.39, 0.29) is 6.03 Å². The molecule has 1 aliphatic heterocycles. The molecule has 2 aliphatic rings. The van der Waals surface area contributed by atoms with Crippen LogP contribution in [0.1, 0.15) is 18.4 Å². The molecule has 2 fully saturated rings. The standard InChI is InChI=1S/C21H24N2O3/c1-26-19-9-7-18(8-10-19)22-20(24)23-13-15-11-21(25,12-16(15)14-23)17-5-3-2-4-6-17/h2-10,15-16,25H,11-14H2,1H3,(H,22,24)/t15-,16+,21-. The summed E-state index contributed by atoms with van der Waals surface area (Å²) in [4.78, 5) is 14.4. The van der Waals surface area contributed by atoms with Crippen molar-refractivity contribution in [3.63, 3.8) is 0 Å². The highest BCUT2D eigenvalue weighted by molar-refractivity contribution is 5.89. The molecular formula is C21H24N2O3. The van der Waals surface area contributed by atoms with Crippen molar-refractivity contribution in [3.05, 3.63) is 60.2 Å². The largest absolute Gasteiger partial charge is 0.497 e. The Balaban J connectivity index is 1.37. The fourth-order valence-electron chi connectivity index (χ4n) is 4.38. The summed E-state index contributed by atoms with van der Waals surface area (Å²) in [7, 11) is 1.62. The summed E-state index contributed by atoms with van der Waals surface area (Å²) < 4.78 is 5.13. The number of ether oxygens (including phenoxy) is 1. The lowest BCUT2D eigenvalue weighted by atomic mass is 9.90. The molecule has 2 aromatic carbocycles. The van der Waals surface area contributed by atoms with Gasteiger partial charge in [-0.05, 0) is 54.5 Å². The number of urea groups is 1. The third-order valence-electron chi connectivity index (χ3n) is 5.72.